The van der Waals surface area contributed by atoms with Gasteiger partial charge in [-0.15, -0.1) is 0 Å². The molecule has 0 saturated carbocycles. The van der Waals surface area contributed by atoms with Crippen molar-refractivity contribution in [1.29, 1.82) is 0 Å². The summed E-state index contributed by atoms with van der Waals surface area (Å²) in [5.74, 6) is -0.790. The zero-order valence-corrected chi connectivity index (χ0v) is 17.8. The summed E-state index contributed by atoms with van der Waals surface area (Å²) in [5.41, 5.74) is 4.16. The van der Waals surface area contributed by atoms with E-state index in [0.717, 1.165) is 15.6 Å². The largest absolute Gasteiger partial charge is 0.454 e. The van der Waals surface area contributed by atoms with E-state index >= 15 is 0 Å². The van der Waals surface area contributed by atoms with Crippen LogP contribution in [0.3, 0.4) is 0 Å². The van der Waals surface area contributed by atoms with Gasteiger partial charge in [-0.05, 0) is 37.3 Å². The number of carbonyl (C=O) groups is 2. The lowest BCUT2D eigenvalue weighted by Gasteiger charge is -2.11. The van der Waals surface area contributed by atoms with Crippen LogP contribution < -0.4 is 0 Å². The molecular formula is C25H18BrNO3. The Morgan fingerprint density at radius 3 is 2.40 bits per heavy atom. The SMILES string of the molecule is Cc1ccc2nc(-c3ccc(Br)cc3)cc(C(=O)OCC(=O)c3ccccc3)c2c1. The molecule has 1 aromatic heterocycles. The summed E-state index contributed by atoms with van der Waals surface area (Å²) in [6.45, 7) is 1.64. The molecule has 30 heavy (non-hydrogen) atoms. The fourth-order valence-corrected chi connectivity index (χ4v) is 3.46. The van der Waals surface area contributed by atoms with Crippen molar-refractivity contribution < 1.29 is 14.3 Å². The van der Waals surface area contributed by atoms with E-state index < -0.39 is 5.97 Å². The summed E-state index contributed by atoms with van der Waals surface area (Å²) in [5, 5.41) is 0.702. The number of esters is 1. The van der Waals surface area contributed by atoms with Crippen LogP contribution in [-0.2, 0) is 4.74 Å². The fourth-order valence-electron chi connectivity index (χ4n) is 3.19. The molecule has 0 N–H and O–H groups in total. The van der Waals surface area contributed by atoms with Crippen molar-refractivity contribution in [1.82, 2.24) is 4.98 Å². The summed E-state index contributed by atoms with van der Waals surface area (Å²) in [4.78, 5) is 30.0. The summed E-state index contributed by atoms with van der Waals surface area (Å²) in [6, 6.07) is 24.0. The Labute approximate surface area is 182 Å². The van der Waals surface area contributed by atoms with Gasteiger partial charge in [-0.25, -0.2) is 9.78 Å². The monoisotopic (exact) mass is 459 g/mol. The number of carbonyl (C=O) groups excluding carboxylic acids is 2. The van der Waals surface area contributed by atoms with Gasteiger partial charge in [0.15, 0.2) is 12.4 Å². The maximum Gasteiger partial charge on any atom is 0.339 e. The van der Waals surface area contributed by atoms with E-state index in [4.69, 9.17) is 9.72 Å². The van der Waals surface area contributed by atoms with Gasteiger partial charge in [-0.1, -0.05) is 70.0 Å². The number of benzene rings is 3. The van der Waals surface area contributed by atoms with Gasteiger partial charge in [0.25, 0.3) is 0 Å². The van der Waals surface area contributed by atoms with Gasteiger partial charge >= 0.3 is 5.97 Å². The van der Waals surface area contributed by atoms with E-state index in [-0.39, 0.29) is 12.4 Å². The lowest BCUT2D eigenvalue weighted by molar-refractivity contribution is 0.0476. The second-order valence-corrected chi connectivity index (χ2v) is 7.86. The molecule has 0 aliphatic rings. The van der Waals surface area contributed by atoms with E-state index in [0.29, 0.717) is 27.7 Å². The summed E-state index contributed by atoms with van der Waals surface area (Å²) < 4.78 is 6.34. The van der Waals surface area contributed by atoms with Gasteiger partial charge in [0.05, 0.1) is 16.8 Å². The molecule has 0 unspecified atom stereocenters. The Kier molecular flexibility index (Phi) is 5.72. The second kappa shape index (κ2) is 8.59. The number of halogens is 1. The van der Waals surface area contributed by atoms with Crippen LogP contribution in [0.15, 0.2) is 83.3 Å². The molecule has 0 aliphatic carbocycles. The van der Waals surface area contributed by atoms with Crippen LogP contribution >= 0.6 is 15.9 Å². The minimum Gasteiger partial charge on any atom is -0.454 e. The van der Waals surface area contributed by atoms with Crippen molar-refractivity contribution in [2.24, 2.45) is 0 Å². The topological polar surface area (TPSA) is 56.3 Å². The van der Waals surface area contributed by atoms with Crippen molar-refractivity contribution in [2.45, 2.75) is 6.92 Å². The molecule has 0 atom stereocenters. The number of fused-ring (bicyclic) bond motifs is 1. The molecule has 0 saturated heterocycles. The third-order valence-electron chi connectivity index (χ3n) is 4.75. The molecule has 0 bridgehead atoms. The number of ketones is 1. The molecule has 148 valence electrons. The first kappa shape index (κ1) is 20.0. The number of nitrogens with zero attached hydrogens (tertiary/aromatic N) is 1. The summed E-state index contributed by atoms with van der Waals surface area (Å²) >= 11 is 3.43. The molecule has 1 heterocycles. The number of hydrogen-bond donors (Lipinski definition) is 0. The third kappa shape index (κ3) is 4.31. The normalized spacial score (nSPS) is 10.7. The van der Waals surface area contributed by atoms with Gasteiger partial charge in [-0.2, -0.15) is 0 Å². The lowest BCUT2D eigenvalue weighted by Crippen LogP contribution is -2.15. The Morgan fingerprint density at radius 1 is 0.933 bits per heavy atom. The van der Waals surface area contributed by atoms with Gasteiger partial charge < -0.3 is 4.74 Å². The number of ether oxygens (including phenoxy) is 1. The van der Waals surface area contributed by atoms with E-state index in [1.54, 1.807) is 30.3 Å². The maximum absolute atomic E-state index is 12.9. The first-order valence-corrected chi connectivity index (χ1v) is 10.2. The quantitative estimate of drug-likeness (QED) is 0.270. The van der Waals surface area contributed by atoms with Crippen molar-refractivity contribution in [2.75, 3.05) is 6.61 Å². The molecule has 0 aliphatic heterocycles. The molecule has 5 heteroatoms. The van der Waals surface area contributed by atoms with E-state index in [1.165, 1.54) is 0 Å². The third-order valence-corrected chi connectivity index (χ3v) is 5.28. The number of rotatable bonds is 5. The smallest absolute Gasteiger partial charge is 0.339 e. The molecule has 4 aromatic rings. The molecular weight excluding hydrogens is 442 g/mol. The maximum atomic E-state index is 12.9. The minimum absolute atomic E-state index is 0.244. The second-order valence-electron chi connectivity index (χ2n) is 6.95. The number of Topliss-reactive ketones (excluding diaryl/α,β-unsaturated/α-hetero) is 1. The number of pyridine rings is 1. The molecule has 0 radical (unpaired) electrons. The molecule has 4 nitrogen and oxygen atoms in total. The molecule has 0 fully saturated rings. The molecule has 0 amide bonds. The number of aromatic nitrogens is 1. The number of aryl methyl sites for hydroxylation is 1. The molecule has 0 spiro atoms. The first-order chi connectivity index (χ1) is 14.5. The Balaban J connectivity index is 1.69. The fraction of sp³-hybridized carbons (Fsp3) is 0.0800. The Morgan fingerprint density at radius 2 is 1.67 bits per heavy atom. The van der Waals surface area contributed by atoms with Crippen molar-refractivity contribution in [3.63, 3.8) is 0 Å². The van der Waals surface area contributed by atoms with Gasteiger partial charge in [0.2, 0.25) is 0 Å². The highest BCUT2D eigenvalue weighted by atomic mass is 79.9. The van der Waals surface area contributed by atoms with Crippen LogP contribution in [0.4, 0.5) is 0 Å². The van der Waals surface area contributed by atoms with E-state index in [9.17, 15) is 9.59 Å². The van der Waals surface area contributed by atoms with Crippen LogP contribution in [0.25, 0.3) is 22.2 Å². The standard InChI is InChI=1S/C25H18BrNO3/c1-16-7-12-22-20(13-16)21(14-23(27-22)17-8-10-19(26)11-9-17)25(29)30-15-24(28)18-5-3-2-4-6-18/h2-14H,15H2,1H3. The predicted molar refractivity (Wildman–Crippen MR) is 121 cm³/mol. The molecule has 4 rings (SSSR count). The van der Waals surface area contributed by atoms with Crippen LogP contribution in [0.1, 0.15) is 26.3 Å². The number of hydrogen-bond acceptors (Lipinski definition) is 4. The van der Waals surface area contributed by atoms with Crippen molar-refractivity contribution in [3.05, 3.63) is 100 Å². The summed E-state index contributed by atoms with van der Waals surface area (Å²) in [6.07, 6.45) is 0. The van der Waals surface area contributed by atoms with Crippen LogP contribution in [0, 0.1) is 6.92 Å². The zero-order valence-electron chi connectivity index (χ0n) is 16.3. The van der Waals surface area contributed by atoms with E-state index in [1.807, 2.05) is 55.5 Å². The van der Waals surface area contributed by atoms with Gasteiger partial charge in [0.1, 0.15) is 0 Å². The van der Waals surface area contributed by atoms with Crippen LogP contribution in [0.5, 0.6) is 0 Å². The highest BCUT2D eigenvalue weighted by molar-refractivity contribution is 9.10. The Bertz CT molecular complexity index is 1230. The van der Waals surface area contributed by atoms with Crippen molar-refractivity contribution >= 4 is 38.6 Å². The highest BCUT2D eigenvalue weighted by Crippen LogP contribution is 2.27. The highest BCUT2D eigenvalue weighted by Gasteiger charge is 2.17. The van der Waals surface area contributed by atoms with Crippen LogP contribution in [-0.4, -0.2) is 23.3 Å². The van der Waals surface area contributed by atoms with Gasteiger partial charge in [-0.3, -0.25) is 4.79 Å². The molecule has 3 aromatic carbocycles. The van der Waals surface area contributed by atoms with Gasteiger partial charge in [0, 0.05) is 21.0 Å². The van der Waals surface area contributed by atoms with Crippen LogP contribution in [0.2, 0.25) is 0 Å². The first-order valence-electron chi connectivity index (χ1n) is 9.44. The predicted octanol–water partition coefficient (Wildman–Crippen LogP) is 6.01. The minimum atomic E-state index is -0.546. The van der Waals surface area contributed by atoms with Crippen molar-refractivity contribution in [3.8, 4) is 11.3 Å². The zero-order chi connectivity index (χ0) is 21.1. The lowest BCUT2D eigenvalue weighted by atomic mass is 10.0. The van der Waals surface area contributed by atoms with E-state index in [2.05, 4.69) is 15.9 Å². The average Bonchev–Trinajstić information content (AvgIpc) is 2.77. The average molecular weight is 460 g/mol. The Hall–Kier alpha value is -3.31. The summed E-state index contributed by atoms with van der Waals surface area (Å²) in [7, 11) is 0.